The van der Waals surface area contributed by atoms with Gasteiger partial charge in [-0.05, 0) is 30.7 Å². The summed E-state index contributed by atoms with van der Waals surface area (Å²) in [6.45, 7) is 4.32. The lowest BCUT2D eigenvalue weighted by Crippen LogP contribution is -2.40. The van der Waals surface area contributed by atoms with E-state index >= 15 is 0 Å². The average Bonchev–Trinajstić information content (AvgIpc) is 2.49. The maximum atomic E-state index is 12.0. The van der Waals surface area contributed by atoms with Crippen molar-refractivity contribution in [1.82, 2.24) is 5.32 Å². The maximum absolute atomic E-state index is 12.0. The molecule has 1 N–H and O–H groups in total. The van der Waals surface area contributed by atoms with Crippen molar-refractivity contribution in [2.75, 3.05) is 37.0 Å². The van der Waals surface area contributed by atoms with Crippen molar-refractivity contribution >= 4 is 23.2 Å². The molecule has 0 radical (unpaired) electrons. The van der Waals surface area contributed by atoms with Crippen LogP contribution in [0.5, 0.6) is 0 Å². The molecule has 0 atom stereocenters. The van der Waals surface area contributed by atoms with Gasteiger partial charge in [0.25, 0.3) is 0 Å². The Morgan fingerprint density at radius 3 is 2.14 bits per heavy atom. The zero-order chi connectivity index (χ0) is 16.5. The number of benzene rings is 1. The van der Waals surface area contributed by atoms with Gasteiger partial charge in [0.05, 0.1) is 0 Å². The molecule has 0 heterocycles. The summed E-state index contributed by atoms with van der Waals surface area (Å²) in [6, 6.07) is 7.59. The molecule has 0 aliphatic rings. The quantitative estimate of drug-likeness (QED) is 0.750. The molecular weight excluding hydrogens is 278 g/mol. The zero-order valence-corrected chi connectivity index (χ0v) is 14.1. The van der Waals surface area contributed by atoms with E-state index in [1.807, 2.05) is 43.3 Å². The van der Waals surface area contributed by atoms with Crippen LogP contribution < -0.4 is 15.1 Å². The van der Waals surface area contributed by atoms with Crippen molar-refractivity contribution in [3.8, 4) is 0 Å². The first-order valence-electron chi connectivity index (χ1n) is 7.78. The molecule has 0 aromatic heterocycles. The lowest BCUT2D eigenvalue weighted by atomic mass is 10.2. The summed E-state index contributed by atoms with van der Waals surface area (Å²) in [5, 5.41) is 2.86. The van der Waals surface area contributed by atoms with Gasteiger partial charge < -0.3 is 15.1 Å². The van der Waals surface area contributed by atoms with E-state index in [1.165, 1.54) is 11.8 Å². The topological polar surface area (TPSA) is 52.7 Å². The second-order valence-corrected chi connectivity index (χ2v) is 5.57. The highest BCUT2D eigenvalue weighted by atomic mass is 16.2. The summed E-state index contributed by atoms with van der Waals surface area (Å²) >= 11 is 0. The van der Waals surface area contributed by atoms with Crippen molar-refractivity contribution < 1.29 is 9.59 Å². The van der Waals surface area contributed by atoms with E-state index in [-0.39, 0.29) is 18.4 Å². The van der Waals surface area contributed by atoms with Gasteiger partial charge in [-0.15, -0.1) is 0 Å². The van der Waals surface area contributed by atoms with Crippen LogP contribution in [0.2, 0.25) is 0 Å². The number of rotatable bonds is 8. The normalized spacial score (nSPS) is 10.2. The first-order chi connectivity index (χ1) is 10.5. The monoisotopic (exact) mass is 305 g/mol. The van der Waals surface area contributed by atoms with Gasteiger partial charge >= 0.3 is 0 Å². The van der Waals surface area contributed by atoms with Gasteiger partial charge in [0.2, 0.25) is 11.8 Å². The first kappa shape index (κ1) is 18.0. The van der Waals surface area contributed by atoms with E-state index in [0.717, 1.165) is 30.6 Å². The Morgan fingerprint density at radius 2 is 1.64 bits per heavy atom. The van der Waals surface area contributed by atoms with Gasteiger partial charge in [-0.1, -0.05) is 19.8 Å². The molecule has 1 aromatic carbocycles. The Morgan fingerprint density at radius 1 is 1.05 bits per heavy atom. The smallest absolute Gasteiger partial charge is 0.240 e. The molecular formula is C17H27N3O2. The van der Waals surface area contributed by atoms with Crippen LogP contribution in [0, 0.1) is 0 Å². The molecule has 2 amide bonds. The minimum atomic E-state index is -0.138. The molecule has 1 rings (SSSR count). The van der Waals surface area contributed by atoms with E-state index in [1.54, 1.807) is 0 Å². The number of unbranched alkanes of at least 4 members (excludes halogenated alkanes) is 2. The minimum Gasteiger partial charge on any atom is -0.378 e. The van der Waals surface area contributed by atoms with E-state index in [0.29, 0.717) is 6.54 Å². The van der Waals surface area contributed by atoms with Crippen LogP contribution in [0.1, 0.15) is 33.1 Å². The van der Waals surface area contributed by atoms with Crippen LogP contribution >= 0.6 is 0 Å². The van der Waals surface area contributed by atoms with E-state index in [9.17, 15) is 9.59 Å². The second-order valence-electron chi connectivity index (χ2n) is 5.57. The lowest BCUT2D eigenvalue weighted by Gasteiger charge is -2.22. The third-order valence-corrected chi connectivity index (χ3v) is 3.46. The predicted molar refractivity (Wildman–Crippen MR) is 91.3 cm³/mol. The summed E-state index contributed by atoms with van der Waals surface area (Å²) in [5.41, 5.74) is 1.79. The first-order valence-corrected chi connectivity index (χ1v) is 7.78. The molecule has 0 saturated carbocycles. The molecule has 22 heavy (non-hydrogen) atoms. The Kier molecular flexibility index (Phi) is 7.43. The van der Waals surface area contributed by atoms with Crippen LogP contribution in [0.15, 0.2) is 24.3 Å². The van der Waals surface area contributed by atoms with Gasteiger partial charge in [0.1, 0.15) is 6.54 Å². The highest BCUT2D eigenvalue weighted by Gasteiger charge is 2.15. The maximum Gasteiger partial charge on any atom is 0.240 e. The summed E-state index contributed by atoms with van der Waals surface area (Å²) < 4.78 is 0. The molecule has 0 aliphatic heterocycles. The number of nitrogens with zero attached hydrogens (tertiary/aromatic N) is 2. The molecule has 0 aliphatic carbocycles. The SMILES string of the molecule is CCCCCNC(=O)CN(C(C)=O)c1ccc(N(C)C)cc1. The summed E-state index contributed by atoms with van der Waals surface area (Å²) in [6.07, 6.45) is 3.19. The van der Waals surface area contributed by atoms with Crippen molar-refractivity contribution in [2.45, 2.75) is 33.1 Å². The molecule has 1 aromatic rings. The summed E-state index contributed by atoms with van der Waals surface area (Å²) in [5.74, 6) is -0.260. The van der Waals surface area contributed by atoms with E-state index in [2.05, 4.69) is 12.2 Å². The third-order valence-electron chi connectivity index (χ3n) is 3.46. The fraction of sp³-hybridized carbons (Fsp3) is 0.529. The molecule has 0 unspecified atom stereocenters. The van der Waals surface area contributed by atoms with Crippen LogP contribution in [0.3, 0.4) is 0 Å². The third kappa shape index (κ3) is 5.76. The van der Waals surface area contributed by atoms with Crippen LogP contribution in [0.4, 0.5) is 11.4 Å². The number of anilines is 2. The number of nitrogens with one attached hydrogen (secondary N) is 1. The highest BCUT2D eigenvalue weighted by Crippen LogP contribution is 2.19. The fourth-order valence-electron chi connectivity index (χ4n) is 2.12. The van der Waals surface area contributed by atoms with Crippen molar-refractivity contribution in [3.05, 3.63) is 24.3 Å². The summed E-state index contributed by atoms with van der Waals surface area (Å²) in [7, 11) is 3.92. The van der Waals surface area contributed by atoms with Crippen LogP contribution in [-0.4, -0.2) is 39.0 Å². The van der Waals surface area contributed by atoms with E-state index in [4.69, 9.17) is 0 Å². The van der Waals surface area contributed by atoms with Gasteiger partial charge in [0, 0.05) is 38.9 Å². The van der Waals surface area contributed by atoms with E-state index < -0.39 is 0 Å². The molecule has 0 bridgehead atoms. The molecule has 0 spiro atoms. The number of amides is 2. The van der Waals surface area contributed by atoms with Gasteiger partial charge in [-0.2, -0.15) is 0 Å². The Balaban J connectivity index is 2.65. The Labute approximate surface area is 133 Å². The highest BCUT2D eigenvalue weighted by molar-refractivity contribution is 5.97. The lowest BCUT2D eigenvalue weighted by molar-refractivity contribution is -0.123. The molecule has 0 saturated heterocycles. The van der Waals surface area contributed by atoms with Crippen molar-refractivity contribution in [3.63, 3.8) is 0 Å². The van der Waals surface area contributed by atoms with Crippen molar-refractivity contribution in [1.29, 1.82) is 0 Å². The molecule has 122 valence electrons. The Hall–Kier alpha value is -2.04. The van der Waals surface area contributed by atoms with Crippen LogP contribution in [0.25, 0.3) is 0 Å². The zero-order valence-electron chi connectivity index (χ0n) is 14.1. The van der Waals surface area contributed by atoms with Crippen molar-refractivity contribution in [2.24, 2.45) is 0 Å². The largest absolute Gasteiger partial charge is 0.378 e. The fourth-order valence-corrected chi connectivity index (χ4v) is 2.12. The average molecular weight is 305 g/mol. The predicted octanol–water partition coefficient (Wildman–Crippen LogP) is 2.41. The van der Waals surface area contributed by atoms with Gasteiger partial charge in [0.15, 0.2) is 0 Å². The summed E-state index contributed by atoms with van der Waals surface area (Å²) in [4.78, 5) is 27.2. The number of hydrogen-bond acceptors (Lipinski definition) is 3. The molecule has 5 heteroatoms. The standard InChI is InChI=1S/C17H27N3O2/c1-5-6-7-12-18-17(22)13-20(14(2)21)16-10-8-15(9-11-16)19(3)4/h8-11H,5-7,12-13H2,1-4H3,(H,18,22). The molecule has 0 fully saturated rings. The van der Waals surface area contributed by atoms with Gasteiger partial charge in [-0.3, -0.25) is 9.59 Å². The van der Waals surface area contributed by atoms with Gasteiger partial charge in [-0.25, -0.2) is 0 Å². The Bertz CT molecular complexity index is 483. The number of carbonyl (C=O) groups is 2. The second kappa shape index (κ2) is 9.07. The van der Waals surface area contributed by atoms with Crippen LogP contribution in [-0.2, 0) is 9.59 Å². The number of hydrogen-bond donors (Lipinski definition) is 1. The minimum absolute atomic E-state index is 0.0583. The molecule has 5 nitrogen and oxygen atoms in total. The number of carbonyl (C=O) groups excluding carboxylic acids is 2.